The number of thioether (sulfide) groups is 1. The van der Waals surface area contributed by atoms with Gasteiger partial charge in [-0.3, -0.25) is 4.79 Å². The molecule has 2 rings (SSSR count). The van der Waals surface area contributed by atoms with Crippen LogP contribution in [0, 0.1) is 0 Å². The standard InChI is InChI=1S/C15H15NO3S2/c17-13(16-12-7-9-21-14(12)15(18)19)10-20-8-6-11-4-2-1-3-5-11/h1-5,7,9H,6,8,10H2,(H,16,17)(H,18,19). The molecule has 1 aromatic carbocycles. The number of nitrogens with one attached hydrogen (secondary N) is 1. The van der Waals surface area contributed by atoms with Crippen LogP contribution in [-0.2, 0) is 11.2 Å². The fraction of sp³-hybridized carbons (Fsp3) is 0.200. The van der Waals surface area contributed by atoms with E-state index in [1.54, 1.807) is 11.4 Å². The Bertz CT molecular complexity index is 610. The van der Waals surface area contributed by atoms with E-state index < -0.39 is 5.97 Å². The van der Waals surface area contributed by atoms with Crippen LogP contribution in [0.15, 0.2) is 41.8 Å². The maximum atomic E-state index is 11.8. The summed E-state index contributed by atoms with van der Waals surface area (Å²) in [6, 6.07) is 11.7. The molecule has 0 bridgehead atoms. The van der Waals surface area contributed by atoms with E-state index in [-0.39, 0.29) is 10.8 Å². The van der Waals surface area contributed by atoms with Crippen molar-refractivity contribution in [2.45, 2.75) is 6.42 Å². The molecule has 1 amide bonds. The largest absolute Gasteiger partial charge is 0.477 e. The first-order valence-electron chi connectivity index (χ1n) is 6.39. The molecule has 4 nitrogen and oxygen atoms in total. The average molecular weight is 321 g/mol. The highest BCUT2D eigenvalue weighted by Gasteiger charge is 2.13. The number of anilines is 1. The van der Waals surface area contributed by atoms with E-state index in [0.717, 1.165) is 23.5 Å². The lowest BCUT2D eigenvalue weighted by Gasteiger charge is -2.05. The van der Waals surface area contributed by atoms with Crippen molar-refractivity contribution in [1.82, 2.24) is 0 Å². The molecular weight excluding hydrogens is 306 g/mol. The van der Waals surface area contributed by atoms with E-state index in [4.69, 9.17) is 5.11 Å². The summed E-state index contributed by atoms with van der Waals surface area (Å²) in [7, 11) is 0. The van der Waals surface area contributed by atoms with Gasteiger partial charge in [-0.2, -0.15) is 11.8 Å². The highest BCUT2D eigenvalue weighted by Crippen LogP contribution is 2.22. The van der Waals surface area contributed by atoms with Gasteiger partial charge in [0.1, 0.15) is 4.88 Å². The van der Waals surface area contributed by atoms with Gasteiger partial charge in [-0.05, 0) is 29.2 Å². The van der Waals surface area contributed by atoms with E-state index in [1.165, 1.54) is 17.3 Å². The number of hydrogen-bond acceptors (Lipinski definition) is 4. The molecule has 0 radical (unpaired) electrons. The Hall–Kier alpha value is -1.79. The number of carbonyl (C=O) groups excluding carboxylic acids is 1. The van der Waals surface area contributed by atoms with Gasteiger partial charge >= 0.3 is 5.97 Å². The molecule has 0 fully saturated rings. The van der Waals surface area contributed by atoms with Gasteiger partial charge in [0, 0.05) is 0 Å². The number of benzene rings is 1. The normalized spacial score (nSPS) is 10.3. The van der Waals surface area contributed by atoms with Crippen LogP contribution in [0.2, 0.25) is 0 Å². The maximum absolute atomic E-state index is 11.8. The van der Waals surface area contributed by atoms with E-state index >= 15 is 0 Å². The Morgan fingerprint density at radius 2 is 1.95 bits per heavy atom. The molecule has 1 aromatic heterocycles. The molecule has 0 saturated heterocycles. The Balaban J connectivity index is 1.73. The number of hydrogen-bond donors (Lipinski definition) is 2. The predicted molar refractivity (Wildman–Crippen MR) is 87.4 cm³/mol. The first kappa shape index (κ1) is 15.6. The van der Waals surface area contributed by atoms with E-state index in [0.29, 0.717) is 11.4 Å². The Morgan fingerprint density at radius 1 is 1.19 bits per heavy atom. The summed E-state index contributed by atoms with van der Waals surface area (Å²) >= 11 is 2.64. The zero-order valence-corrected chi connectivity index (χ0v) is 12.9. The number of carboxylic acids is 1. The summed E-state index contributed by atoms with van der Waals surface area (Å²) in [6.45, 7) is 0. The van der Waals surface area contributed by atoms with Crippen LogP contribution in [0.5, 0.6) is 0 Å². The maximum Gasteiger partial charge on any atom is 0.348 e. The highest BCUT2D eigenvalue weighted by molar-refractivity contribution is 7.99. The third kappa shape index (κ3) is 4.91. The molecule has 2 N–H and O–H groups in total. The Morgan fingerprint density at radius 3 is 2.67 bits per heavy atom. The van der Waals surface area contributed by atoms with Gasteiger partial charge in [0.05, 0.1) is 11.4 Å². The minimum absolute atomic E-state index is 0.164. The summed E-state index contributed by atoms with van der Waals surface area (Å²) < 4.78 is 0. The average Bonchev–Trinajstić information content (AvgIpc) is 2.93. The second kappa shape index (κ2) is 7.85. The second-order valence-corrected chi connectivity index (χ2v) is 6.33. The zero-order chi connectivity index (χ0) is 15.1. The van der Waals surface area contributed by atoms with Crippen LogP contribution in [-0.4, -0.2) is 28.5 Å². The third-order valence-corrected chi connectivity index (χ3v) is 4.61. The number of carbonyl (C=O) groups is 2. The topological polar surface area (TPSA) is 66.4 Å². The summed E-state index contributed by atoms with van der Waals surface area (Å²) in [5, 5.41) is 13.3. The van der Waals surface area contributed by atoms with E-state index in [2.05, 4.69) is 17.4 Å². The first-order valence-corrected chi connectivity index (χ1v) is 8.42. The van der Waals surface area contributed by atoms with Crippen molar-refractivity contribution >= 4 is 40.7 Å². The van der Waals surface area contributed by atoms with Gasteiger partial charge in [-0.1, -0.05) is 30.3 Å². The number of carboxylic acid groups (broad SMARTS) is 1. The third-order valence-electron chi connectivity index (χ3n) is 2.74. The molecule has 0 spiro atoms. The fourth-order valence-electron chi connectivity index (χ4n) is 1.76. The van der Waals surface area contributed by atoms with Gasteiger partial charge in [0.25, 0.3) is 0 Å². The van der Waals surface area contributed by atoms with Crippen molar-refractivity contribution in [3.63, 3.8) is 0 Å². The summed E-state index contributed by atoms with van der Waals surface area (Å²) in [5.74, 6) is -0.0137. The molecule has 0 atom stereocenters. The lowest BCUT2D eigenvalue weighted by atomic mass is 10.2. The van der Waals surface area contributed by atoms with Crippen molar-refractivity contribution in [2.75, 3.05) is 16.8 Å². The second-order valence-electron chi connectivity index (χ2n) is 4.30. The van der Waals surface area contributed by atoms with Crippen LogP contribution in [0.1, 0.15) is 15.2 Å². The number of rotatable bonds is 7. The SMILES string of the molecule is O=C(CSCCc1ccccc1)Nc1ccsc1C(=O)O. The monoisotopic (exact) mass is 321 g/mol. The van der Waals surface area contributed by atoms with E-state index in [1.807, 2.05) is 18.2 Å². The molecule has 1 heterocycles. The van der Waals surface area contributed by atoms with Crippen LogP contribution in [0.3, 0.4) is 0 Å². The van der Waals surface area contributed by atoms with Gasteiger partial charge in [0.2, 0.25) is 5.91 Å². The molecule has 2 aromatic rings. The minimum Gasteiger partial charge on any atom is -0.477 e. The first-order chi connectivity index (χ1) is 10.2. The molecule has 110 valence electrons. The van der Waals surface area contributed by atoms with E-state index in [9.17, 15) is 9.59 Å². The van der Waals surface area contributed by atoms with Crippen LogP contribution in [0.25, 0.3) is 0 Å². The molecule has 0 aliphatic heterocycles. The smallest absolute Gasteiger partial charge is 0.348 e. The van der Waals surface area contributed by atoms with Gasteiger partial charge < -0.3 is 10.4 Å². The lowest BCUT2D eigenvalue weighted by Crippen LogP contribution is -2.15. The Labute approximate surface area is 131 Å². The fourth-order valence-corrected chi connectivity index (χ4v) is 3.23. The quantitative estimate of drug-likeness (QED) is 0.767. The van der Waals surface area contributed by atoms with Crippen molar-refractivity contribution in [3.05, 3.63) is 52.2 Å². The molecule has 0 unspecified atom stereocenters. The molecule has 6 heteroatoms. The van der Waals surface area contributed by atoms with Gasteiger partial charge in [0.15, 0.2) is 0 Å². The van der Waals surface area contributed by atoms with Crippen LogP contribution < -0.4 is 5.32 Å². The van der Waals surface area contributed by atoms with Crippen LogP contribution in [0.4, 0.5) is 5.69 Å². The summed E-state index contributed by atoms with van der Waals surface area (Å²) in [4.78, 5) is 22.9. The van der Waals surface area contributed by atoms with Crippen molar-refractivity contribution < 1.29 is 14.7 Å². The number of amides is 1. The number of thiophene rings is 1. The van der Waals surface area contributed by atoms with Crippen molar-refractivity contribution in [1.29, 1.82) is 0 Å². The van der Waals surface area contributed by atoms with Crippen LogP contribution >= 0.6 is 23.1 Å². The van der Waals surface area contributed by atoms with Crippen molar-refractivity contribution in [2.24, 2.45) is 0 Å². The molecule has 21 heavy (non-hydrogen) atoms. The Kier molecular flexibility index (Phi) is 5.83. The molecule has 0 saturated carbocycles. The highest BCUT2D eigenvalue weighted by atomic mass is 32.2. The van der Waals surface area contributed by atoms with Gasteiger partial charge in [-0.25, -0.2) is 4.79 Å². The zero-order valence-electron chi connectivity index (χ0n) is 11.2. The molecular formula is C15H15NO3S2. The predicted octanol–water partition coefficient (Wildman–Crippen LogP) is 3.36. The molecule has 0 aliphatic carbocycles. The molecule has 0 aliphatic rings. The summed E-state index contributed by atoms with van der Waals surface area (Å²) in [6.07, 6.45) is 0.914. The summed E-state index contributed by atoms with van der Waals surface area (Å²) in [5.41, 5.74) is 1.62. The number of aromatic carboxylic acids is 1. The lowest BCUT2D eigenvalue weighted by molar-refractivity contribution is -0.113. The minimum atomic E-state index is -1.02. The number of aryl methyl sites for hydroxylation is 1. The van der Waals surface area contributed by atoms with Crippen molar-refractivity contribution in [3.8, 4) is 0 Å². The van der Waals surface area contributed by atoms with Gasteiger partial charge in [-0.15, -0.1) is 11.3 Å².